The van der Waals surface area contributed by atoms with E-state index in [9.17, 15) is 10.1 Å². The number of hydrogen-bond acceptors (Lipinski definition) is 4. The van der Waals surface area contributed by atoms with Crippen molar-refractivity contribution in [3.05, 3.63) is 27.3 Å². The van der Waals surface area contributed by atoms with E-state index in [0.29, 0.717) is 0 Å². The lowest BCUT2D eigenvalue weighted by atomic mass is 10.6. The summed E-state index contributed by atoms with van der Waals surface area (Å²) in [4.78, 5) is 15.5. The number of nitrogens with one attached hydrogen (secondary N) is 1. The maximum absolute atomic E-state index is 10.1. The van der Waals surface area contributed by atoms with Gasteiger partial charge in [0.1, 0.15) is 6.20 Å². The zero-order valence-electron chi connectivity index (χ0n) is 4.77. The van der Waals surface area contributed by atoms with Crippen LogP contribution in [0.4, 0.5) is 5.69 Å². The molecule has 5 nitrogen and oxygen atoms in total. The van der Waals surface area contributed by atoms with E-state index >= 15 is 0 Å². The van der Waals surface area contributed by atoms with E-state index in [-0.39, 0.29) is 10.3 Å². The summed E-state index contributed by atoms with van der Waals surface area (Å²) in [5, 5.41) is 10.1. The molecule has 1 aromatic rings. The van der Waals surface area contributed by atoms with Crippen molar-refractivity contribution in [1.29, 1.82) is 0 Å². The highest BCUT2D eigenvalue weighted by Gasteiger charge is 2.05. The highest BCUT2D eigenvalue weighted by molar-refractivity contribution is 7.71. The molecule has 0 aliphatic carbocycles. The molecular weight excluding hydrogens is 154 g/mol. The molecule has 10 heavy (non-hydrogen) atoms. The van der Waals surface area contributed by atoms with Crippen LogP contribution in [0.5, 0.6) is 0 Å². The summed E-state index contributed by atoms with van der Waals surface area (Å²) < 4.78 is 0.0972. The van der Waals surface area contributed by atoms with Crippen LogP contribution in [0.2, 0.25) is 0 Å². The Morgan fingerprint density at radius 3 is 2.90 bits per heavy atom. The molecule has 0 spiro atoms. The first-order valence-electron chi connectivity index (χ1n) is 2.39. The van der Waals surface area contributed by atoms with Crippen LogP contribution in [-0.4, -0.2) is 14.9 Å². The number of rotatable bonds is 1. The molecule has 1 N–H and O–H groups in total. The van der Waals surface area contributed by atoms with Crippen molar-refractivity contribution in [3.63, 3.8) is 0 Å². The summed E-state index contributed by atoms with van der Waals surface area (Å²) in [5.74, 6) is 0. The third-order valence-electron chi connectivity index (χ3n) is 0.896. The van der Waals surface area contributed by atoms with E-state index in [1.807, 2.05) is 0 Å². The largest absolute Gasteiger partial charge is 0.332 e. The number of H-pyrrole nitrogens is 1. The molecule has 0 atom stereocenters. The predicted molar refractivity (Wildman–Crippen MR) is 36.1 cm³/mol. The van der Waals surface area contributed by atoms with Gasteiger partial charge in [-0.25, -0.2) is 4.98 Å². The molecule has 52 valence electrons. The standard InChI is InChI=1S/C4H3N3O2S/c8-7(9)3-1-5-2-6-4(3)10/h1-2H,(H,5,6,10). The number of aromatic nitrogens is 2. The Morgan fingerprint density at radius 1 is 1.80 bits per heavy atom. The van der Waals surface area contributed by atoms with Crippen LogP contribution < -0.4 is 0 Å². The van der Waals surface area contributed by atoms with Gasteiger partial charge in [-0.05, 0) is 0 Å². The van der Waals surface area contributed by atoms with Crippen molar-refractivity contribution in [1.82, 2.24) is 9.97 Å². The summed E-state index contributed by atoms with van der Waals surface area (Å²) in [6, 6.07) is 0. The van der Waals surface area contributed by atoms with E-state index in [2.05, 4.69) is 22.2 Å². The molecule has 0 fully saturated rings. The maximum Gasteiger partial charge on any atom is 0.321 e. The molecule has 6 heteroatoms. The van der Waals surface area contributed by atoms with Crippen LogP contribution in [-0.2, 0) is 0 Å². The van der Waals surface area contributed by atoms with Crippen molar-refractivity contribution in [2.45, 2.75) is 0 Å². The summed E-state index contributed by atoms with van der Waals surface area (Å²) >= 11 is 4.59. The molecule has 0 unspecified atom stereocenters. The monoisotopic (exact) mass is 157 g/mol. The first-order valence-corrected chi connectivity index (χ1v) is 2.79. The highest BCUT2D eigenvalue weighted by Crippen LogP contribution is 2.06. The van der Waals surface area contributed by atoms with Gasteiger partial charge in [0, 0.05) is 0 Å². The van der Waals surface area contributed by atoms with Gasteiger partial charge in [-0.15, -0.1) is 0 Å². The lowest BCUT2D eigenvalue weighted by molar-refractivity contribution is -0.386. The third kappa shape index (κ3) is 1.16. The van der Waals surface area contributed by atoms with E-state index in [4.69, 9.17) is 0 Å². The molecule has 0 aliphatic rings. The molecule has 0 bridgehead atoms. The number of hydrogen-bond donors (Lipinski definition) is 1. The summed E-state index contributed by atoms with van der Waals surface area (Å²) in [6.07, 6.45) is 2.41. The van der Waals surface area contributed by atoms with Gasteiger partial charge in [0.05, 0.1) is 11.3 Å². The SMILES string of the molecule is O=[N+]([O-])c1cnc[nH]c1=S. The van der Waals surface area contributed by atoms with Gasteiger partial charge >= 0.3 is 5.69 Å². The first kappa shape index (κ1) is 6.81. The number of nitro groups is 1. The van der Waals surface area contributed by atoms with Crippen LogP contribution in [0, 0.1) is 14.8 Å². The minimum absolute atomic E-state index is 0.0972. The summed E-state index contributed by atoms with van der Waals surface area (Å²) in [6.45, 7) is 0. The zero-order chi connectivity index (χ0) is 7.56. The molecule has 0 aromatic carbocycles. The molecule has 1 rings (SSSR count). The Balaban J connectivity index is 3.29. The zero-order valence-corrected chi connectivity index (χ0v) is 5.59. The first-order chi connectivity index (χ1) is 4.72. The third-order valence-corrected chi connectivity index (χ3v) is 1.22. The molecule has 0 aliphatic heterocycles. The Labute approximate surface area is 60.9 Å². The fourth-order valence-electron chi connectivity index (χ4n) is 0.466. The van der Waals surface area contributed by atoms with Crippen molar-refractivity contribution in [2.24, 2.45) is 0 Å². The van der Waals surface area contributed by atoms with Gasteiger partial charge in [-0.3, -0.25) is 10.1 Å². The Morgan fingerprint density at radius 2 is 2.50 bits per heavy atom. The predicted octanol–water partition coefficient (Wildman–Crippen LogP) is 1.05. The lowest BCUT2D eigenvalue weighted by Crippen LogP contribution is -1.91. The minimum atomic E-state index is -0.578. The Bertz CT molecular complexity index is 307. The van der Waals surface area contributed by atoms with Crippen molar-refractivity contribution in [2.75, 3.05) is 0 Å². The van der Waals surface area contributed by atoms with Crippen LogP contribution in [0.3, 0.4) is 0 Å². The summed E-state index contributed by atoms with van der Waals surface area (Å²) in [7, 11) is 0. The topological polar surface area (TPSA) is 71.8 Å². The fraction of sp³-hybridized carbons (Fsp3) is 0. The Hall–Kier alpha value is -1.30. The van der Waals surface area contributed by atoms with E-state index < -0.39 is 4.92 Å². The second kappa shape index (κ2) is 2.53. The van der Waals surface area contributed by atoms with E-state index in [1.54, 1.807) is 0 Å². The number of aromatic amines is 1. The van der Waals surface area contributed by atoms with Crippen LogP contribution in [0.1, 0.15) is 0 Å². The quantitative estimate of drug-likeness (QED) is 0.375. The average Bonchev–Trinajstić information content (AvgIpc) is 1.88. The number of nitrogens with zero attached hydrogens (tertiary/aromatic N) is 2. The molecule has 1 aromatic heterocycles. The van der Waals surface area contributed by atoms with Gasteiger partial charge in [0.2, 0.25) is 0 Å². The Kier molecular flexibility index (Phi) is 1.72. The molecule has 0 amide bonds. The van der Waals surface area contributed by atoms with Crippen molar-refractivity contribution < 1.29 is 4.92 Å². The second-order valence-corrected chi connectivity index (χ2v) is 1.93. The van der Waals surface area contributed by atoms with Gasteiger partial charge in [-0.2, -0.15) is 0 Å². The van der Waals surface area contributed by atoms with Crippen LogP contribution in [0.15, 0.2) is 12.5 Å². The van der Waals surface area contributed by atoms with Gasteiger partial charge < -0.3 is 4.98 Å². The average molecular weight is 157 g/mol. The van der Waals surface area contributed by atoms with Crippen LogP contribution in [0.25, 0.3) is 0 Å². The summed E-state index contributed by atoms with van der Waals surface area (Å²) in [5.41, 5.74) is -0.169. The highest BCUT2D eigenvalue weighted by atomic mass is 32.1. The van der Waals surface area contributed by atoms with Gasteiger partial charge in [0.25, 0.3) is 0 Å². The smallest absolute Gasteiger partial charge is 0.321 e. The molecule has 0 radical (unpaired) electrons. The maximum atomic E-state index is 10.1. The van der Waals surface area contributed by atoms with Gasteiger partial charge in [-0.1, -0.05) is 12.2 Å². The lowest BCUT2D eigenvalue weighted by Gasteiger charge is -1.86. The minimum Gasteiger partial charge on any atom is -0.332 e. The van der Waals surface area contributed by atoms with Crippen molar-refractivity contribution in [3.8, 4) is 0 Å². The molecular formula is C4H3N3O2S. The molecule has 0 saturated carbocycles. The normalized spacial score (nSPS) is 9.20. The van der Waals surface area contributed by atoms with Gasteiger partial charge in [0.15, 0.2) is 4.64 Å². The van der Waals surface area contributed by atoms with Crippen LogP contribution >= 0.6 is 12.2 Å². The van der Waals surface area contributed by atoms with E-state index in [1.165, 1.54) is 6.33 Å². The second-order valence-electron chi connectivity index (χ2n) is 1.52. The van der Waals surface area contributed by atoms with Crippen molar-refractivity contribution >= 4 is 17.9 Å². The fourth-order valence-corrected chi connectivity index (χ4v) is 0.646. The molecule has 1 heterocycles. The van der Waals surface area contributed by atoms with E-state index in [0.717, 1.165) is 6.20 Å². The molecule has 0 saturated heterocycles.